The van der Waals surface area contributed by atoms with E-state index in [2.05, 4.69) is 19.2 Å². The maximum absolute atomic E-state index is 13.0. The number of hydrogen-bond acceptors (Lipinski definition) is 9. The van der Waals surface area contributed by atoms with E-state index in [4.69, 9.17) is 9.05 Å². The van der Waals surface area contributed by atoms with Gasteiger partial charge in [0, 0.05) is 18.8 Å². The molecule has 1 aliphatic rings. The summed E-state index contributed by atoms with van der Waals surface area (Å²) in [5.41, 5.74) is 0. The first kappa shape index (κ1) is 52.9. The van der Waals surface area contributed by atoms with Gasteiger partial charge in [-0.05, 0) is 38.0 Å². The van der Waals surface area contributed by atoms with Crippen LogP contribution in [0.5, 0.6) is 0 Å². The van der Waals surface area contributed by atoms with E-state index < -0.39 is 44.9 Å². The molecule has 1 saturated carbocycles. The van der Waals surface area contributed by atoms with Crippen LogP contribution in [0.2, 0.25) is 0 Å². The predicted molar refractivity (Wildman–Crippen MR) is 226 cm³/mol. The lowest BCUT2D eigenvalue weighted by molar-refractivity contribution is -0.870. The van der Waals surface area contributed by atoms with E-state index in [0.717, 1.165) is 38.5 Å². The third-order valence-electron chi connectivity index (χ3n) is 11.0. The lowest BCUT2D eigenvalue weighted by Gasteiger charge is -2.30. The molecule has 0 aromatic rings. The van der Waals surface area contributed by atoms with E-state index in [1.54, 1.807) is 6.08 Å². The third-order valence-corrected chi connectivity index (χ3v) is 12.0. The van der Waals surface area contributed by atoms with E-state index >= 15 is 0 Å². The first-order chi connectivity index (χ1) is 26.7. The summed E-state index contributed by atoms with van der Waals surface area (Å²) in [7, 11) is 1.15. The molecule has 5 N–H and O–H groups in total. The van der Waals surface area contributed by atoms with Crippen LogP contribution in [0.25, 0.3) is 0 Å². The van der Waals surface area contributed by atoms with Gasteiger partial charge in [0.2, 0.25) is 5.91 Å². The van der Waals surface area contributed by atoms with Crippen molar-refractivity contribution in [2.24, 2.45) is 11.8 Å². The largest absolute Gasteiger partial charge is 0.756 e. The topological polar surface area (TPSA) is 169 Å². The maximum Gasteiger partial charge on any atom is 0.268 e. The normalized spacial score (nSPS) is 21.8. The van der Waals surface area contributed by atoms with Crippen molar-refractivity contribution in [1.29, 1.82) is 0 Å². The molecule has 330 valence electrons. The van der Waals surface area contributed by atoms with Crippen LogP contribution in [-0.2, 0) is 18.4 Å². The molecule has 1 aliphatic carbocycles. The Morgan fingerprint density at radius 1 is 0.804 bits per heavy atom. The molecule has 11 nitrogen and oxygen atoms in total. The molecule has 1 fully saturated rings. The van der Waals surface area contributed by atoms with Gasteiger partial charge in [0.25, 0.3) is 7.82 Å². The van der Waals surface area contributed by atoms with Crippen molar-refractivity contribution in [3.05, 3.63) is 24.3 Å². The second-order valence-corrected chi connectivity index (χ2v) is 18.8. The number of aliphatic hydroxyl groups is 4. The molecule has 1 amide bonds. The number of phosphoric acid groups is 1. The van der Waals surface area contributed by atoms with E-state index in [0.29, 0.717) is 49.6 Å². The third kappa shape index (κ3) is 27.5. The number of likely N-dealkylation sites (N-methyl/N-ethyl adjacent to an activating group) is 1. The Balaban J connectivity index is 2.55. The zero-order chi connectivity index (χ0) is 41.7. The lowest BCUT2D eigenvalue weighted by Crippen LogP contribution is -2.46. The summed E-state index contributed by atoms with van der Waals surface area (Å²) in [6, 6.07) is -0.894. The van der Waals surface area contributed by atoms with Crippen LogP contribution in [0, 0.1) is 11.8 Å². The van der Waals surface area contributed by atoms with Crippen molar-refractivity contribution in [3.63, 3.8) is 0 Å². The Bertz CT molecular complexity index is 1090. The SMILES string of the molecule is CCCCCCCCCCCCCCCC[C@@H](O)[C@H](COP(=O)([O-])OCC[N+](C)(C)C)NC(=O)CCC/C=C/C[C@@H]1[C@@H](/C=C/[C@@H](O)CCCCC)[C@H](O)C[C@@H]1O. The average Bonchev–Trinajstić information content (AvgIpc) is 3.40. The smallest absolute Gasteiger partial charge is 0.268 e. The van der Waals surface area contributed by atoms with Crippen molar-refractivity contribution in [2.75, 3.05) is 40.9 Å². The van der Waals surface area contributed by atoms with Crippen molar-refractivity contribution in [2.45, 2.75) is 198 Å². The molecule has 0 radical (unpaired) electrons. The number of quaternary nitrogens is 1. The van der Waals surface area contributed by atoms with Crippen LogP contribution in [0.3, 0.4) is 0 Å². The average molecular weight is 817 g/mol. The second-order valence-electron chi connectivity index (χ2n) is 17.4. The van der Waals surface area contributed by atoms with Gasteiger partial charge in [0.05, 0.1) is 58.2 Å². The number of unbranched alkanes of at least 4 members (excludes halogenated alkanes) is 16. The zero-order valence-corrected chi connectivity index (χ0v) is 37.1. The fraction of sp³-hybridized carbons (Fsp3) is 0.886. The quantitative estimate of drug-likeness (QED) is 0.0183. The molecular formula is C44H85N2O9P. The molecule has 1 unspecified atom stereocenters. The molecule has 8 atom stereocenters. The van der Waals surface area contributed by atoms with Crippen LogP contribution in [0.4, 0.5) is 0 Å². The highest BCUT2D eigenvalue weighted by Crippen LogP contribution is 2.39. The maximum atomic E-state index is 13.0. The number of carbonyl (C=O) groups is 1. The van der Waals surface area contributed by atoms with Gasteiger partial charge in [0.15, 0.2) is 0 Å². The van der Waals surface area contributed by atoms with Crippen LogP contribution in [0.1, 0.15) is 168 Å². The molecule has 0 bridgehead atoms. The monoisotopic (exact) mass is 817 g/mol. The number of aliphatic hydroxyl groups excluding tert-OH is 4. The molecule has 0 aromatic heterocycles. The second kappa shape index (κ2) is 31.7. The number of rotatable bonds is 36. The molecule has 0 spiro atoms. The van der Waals surface area contributed by atoms with E-state index in [1.165, 1.54) is 70.6 Å². The van der Waals surface area contributed by atoms with Crippen molar-refractivity contribution in [3.8, 4) is 0 Å². The van der Waals surface area contributed by atoms with Gasteiger partial charge in [-0.2, -0.15) is 0 Å². The fourth-order valence-corrected chi connectivity index (χ4v) is 8.05. The van der Waals surface area contributed by atoms with Crippen molar-refractivity contribution < 1.29 is 48.2 Å². The standard InChI is InChI=1S/C44H85N2O9P/c1-6-8-10-11-12-13-14-15-16-17-18-19-20-25-29-41(48)40(36-55-56(52,53)54-34-33-46(3,4)5)45-44(51)30-26-22-21-24-28-38-39(43(50)35-42(38)49)32-31-37(47)27-23-9-7-2/h21,24,31-32,37-43,47-50H,6-20,22-23,25-30,33-36H2,1-5H3,(H-,45,51,52,53)/b24-21+,32-31+/t37-,38+,39+,40-,41+,42-,43+/m0/s1. The van der Waals surface area contributed by atoms with Gasteiger partial charge in [-0.1, -0.05) is 147 Å². The first-order valence-electron chi connectivity index (χ1n) is 22.4. The molecule has 56 heavy (non-hydrogen) atoms. The van der Waals surface area contributed by atoms with Crippen LogP contribution >= 0.6 is 7.82 Å². The highest BCUT2D eigenvalue weighted by Gasteiger charge is 2.39. The van der Waals surface area contributed by atoms with Crippen molar-refractivity contribution >= 4 is 13.7 Å². The number of phosphoric ester groups is 1. The van der Waals surface area contributed by atoms with E-state index in [-0.39, 0.29) is 30.8 Å². The Hall–Kier alpha value is -1.14. The number of allylic oxidation sites excluding steroid dienone is 2. The minimum absolute atomic E-state index is 0.0314. The molecule has 0 aliphatic heterocycles. The van der Waals surface area contributed by atoms with Gasteiger partial charge in [-0.15, -0.1) is 0 Å². The molecule has 0 aromatic carbocycles. The molecule has 12 heteroatoms. The van der Waals surface area contributed by atoms with E-state index in [9.17, 15) is 34.7 Å². The van der Waals surface area contributed by atoms with Crippen molar-refractivity contribution in [1.82, 2.24) is 5.32 Å². The number of amides is 1. The van der Waals surface area contributed by atoms with Gasteiger partial charge >= 0.3 is 0 Å². The van der Waals surface area contributed by atoms with Gasteiger partial charge in [0.1, 0.15) is 13.2 Å². The zero-order valence-electron chi connectivity index (χ0n) is 36.2. The Kier molecular flexibility index (Phi) is 30.0. The first-order valence-corrected chi connectivity index (χ1v) is 23.9. The summed E-state index contributed by atoms with van der Waals surface area (Å²) < 4.78 is 23.2. The number of nitrogens with one attached hydrogen (secondary N) is 1. The summed E-state index contributed by atoms with van der Waals surface area (Å²) >= 11 is 0. The summed E-state index contributed by atoms with van der Waals surface area (Å²) in [5, 5.41) is 45.3. The summed E-state index contributed by atoms with van der Waals surface area (Å²) in [6.45, 7) is 4.40. The Labute approximate surface area is 341 Å². The number of hydrogen-bond donors (Lipinski definition) is 5. The van der Waals surface area contributed by atoms with Gasteiger partial charge < -0.3 is 44.2 Å². The summed E-state index contributed by atoms with van der Waals surface area (Å²) in [4.78, 5) is 25.5. The van der Waals surface area contributed by atoms with Gasteiger partial charge in [-0.3, -0.25) is 9.36 Å². The Morgan fingerprint density at radius 2 is 1.36 bits per heavy atom. The highest BCUT2D eigenvalue weighted by molar-refractivity contribution is 7.45. The molecule has 0 heterocycles. The predicted octanol–water partition coefficient (Wildman–Crippen LogP) is 7.88. The summed E-state index contributed by atoms with van der Waals surface area (Å²) in [5.74, 6) is -0.682. The molecule has 0 saturated heterocycles. The number of nitrogens with zero attached hydrogens (tertiary/aromatic N) is 1. The highest BCUT2D eigenvalue weighted by atomic mass is 31.2. The van der Waals surface area contributed by atoms with Crippen LogP contribution in [0.15, 0.2) is 24.3 Å². The number of carbonyl (C=O) groups excluding carboxylic acids is 1. The van der Waals surface area contributed by atoms with Gasteiger partial charge in [-0.25, -0.2) is 0 Å². The van der Waals surface area contributed by atoms with Crippen LogP contribution < -0.4 is 10.2 Å². The Morgan fingerprint density at radius 3 is 1.95 bits per heavy atom. The van der Waals surface area contributed by atoms with E-state index in [1.807, 2.05) is 39.4 Å². The minimum atomic E-state index is -4.63. The van der Waals surface area contributed by atoms with Crippen LogP contribution in [-0.4, -0.2) is 102 Å². The minimum Gasteiger partial charge on any atom is -0.756 e. The lowest BCUT2D eigenvalue weighted by atomic mass is 9.89. The molecule has 1 rings (SSSR count). The molecular weight excluding hydrogens is 731 g/mol. The summed E-state index contributed by atoms with van der Waals surface area (Å²) in [6.07, 6.45) is 28.4. The fourth-order valence-electron chi connectivity index (χ4n) is 7.33.